The summed E-state index contributed by atoms with van der Waals surface area (Å²) in [5.41, 5.74) is -5.75. The first-order chi connectivity index (χ1) is 23.3. The van der Waals surface area contributed by atoms with E-state index in [9.17, 15) is 28.5 Å². The van der Waals surface area contributed by atoms with Crippen LogP contribution in [-0.4, -0.2) is 84.8 Å². The molecule has 0 spiro atoms. The predicted octanol–water partition coefficient (Wildman–Crippen LogP) is 2.62. The summed E-state index contributed by atoms with van der Waals surface area (Å²) >= 11 is 0. The van der Waals surface area contributed by atoms with E-state index in [1.165, 1.54) is 14.0 Å². The van der Waals surface area contributed by atoms with Crippen LogP contribution in [0.1, 0.15) is 61.6 Å². The average molecular weight is 741 g/mol. The van der Waals surface area contributed by atoms with Crippen LogP contribution >= 0.6 is 7.82 Å². The van der Waals surface area contributed by atoms with E-state index in [0.29, 0.717) is 4.57 Å². The summed E-state index contributed by atoms with van der Waals surface area (Å²) in [6, 6.07) is 1.01. The van der Waals surface area contributed by atoms with E-state index in [0.717, 1.165) is 16.8 Å². The van der Waals surface area contributed by atoms with Crippen molar-refractivity contribution in [1.82, 2.24) is 9.13 Å². The van der Waals surface area contributed by atoms with Crippen LogP contribution in [0.2, 0.25) is 0 Å². The van der Waals surface area contributed by atoms with E-state index in [4.69, 9.17) is 46.7 Å². The van der Waals surface area contributed by atoms with Crippen LogP contribution in [0, 0.1) is 23.7 Å². The summed E-state index contributed by atoms with van der Waals surface area (Å²) in [7, 11) is -3.58. The molecule has 0 aliphatic carbocycles. The van der Waals surface area contributed by atoms with E-state index in [1.807, 2.05) is 0 Å². The first-order valence-corrected chi connectivity index (χ1v) is 17.3. The number of nitrogens with zero attached hydrogens (tertiary/aromatic N) is 2. The second-order valence-corrected chi connectivity index (χ2v) is 14.5. The van der Waals surface area contributed by atoms with E-state index >= 15 is 4.39 Å². The molecule has 2 aliphatic rings. The first kappa shape index (κ1) is 41.4. The van der Waals surface area contributed by atoms with Crippen LogP contribution < -0.4 is 11.2 Å². The van der Waals surface area contributed by atoms with Crippen LogP contribution in [0.5, 0.6) is 0 Å². The van der Waals surface area contributed by atoms with Gasteiger partial charge < -0.3 is 33.2 Å². The molecule has 2 unspecified atom stereocenters. The molecule has 6 atom stereocenters. The van der Waals surface area contributed by atoms with Gasteiger partial charge in [0.25, 0.3) is 12.0 Å². The molecule has 1 aromatic rings. The number of fused-ring (bicyclic) bond motifs is 1. The van der Waals surface area contributed by atoms with Gasteiger partial charge in [-0.15, -0.1) is 0 Å². The lowest BCUT2D eigenvalue weighted by molar-refractivity contribution is -0.282. The van der Waals surface area contributed by atoms with Crippen molar-refractivity contribution >= 4 is 25.7 Å². The van der Waals surface area contributed by atoms with Crippen molar-refractivity contribution in [2.75, 3.05) is 34.0 Å². The number of hydrogen-bond donors (Lipinski definition) is 0. The number of carbonyl (C=O) groups excluding carboxylic acids is 3. The second-order valence-electron chi connectivity index (χ2n) is 12.9. The number of hydrogen-bond acceptors (Lipinski definition) is 16. The fraction of sp³-hybridized carbons (Fsp3) is 0.767. The Labute approximate surface area is 287 Å². The Hall–Kier alpha value is -3.03. The maximum atomic E-state index is 15.3. The fourth-order valence-electron chi connectivity index (χ4n) is 4.76. The molecule has 3 heterocycles. The third-order valence-electron chi connectivity index (χ3n) is 8.14. The van der Waals surface area contributed by atoms with E-state index in [2.05, 4.69) is 0 Å². The van der Waals surface area contributed by atoms with Crippen molar-refractivity contribution in [2.24, 2.45) is 23.7 Å². The molecule has 1 aromatic heterocycles. The Balaban J connectivity index is 1.95. The Kier molecular flexibility index (Phi) is 14.1. The molecule has 2 saturated heterocycles. The Morgan fingerprint density at radius 1 is 0.920 bits per heavy atom. The highest BCUT2D eigenvalue weighted by Gasteiger charge is 2.70. The molecule has 18 nitrogen and oxygen atoms in total. The largest absolute Gasteiger partial charge is 0.480 e. The minimum atomic E-state index is -4.82. The number of alkyl halides is 1. The monoisotopic (exact) mass is 740 g/mol. The zero-order chi connectivity index (χ0) is 37.6. The van der Waals surface area contributed by atoms with Crippen molar-refractivity contribution in [3.05, 3.63) is 33.1 Å². The number of rotatable bonds is 18. The van der Waals surface area contributed by atoms with Gasteiger partial charge in [-0.25, -0.2) is 27.4 Å². The van der Waals surface area contributed by atoms with Crippen LogP contribution in [0.15, 0.2) is 21.9 Å². The van der Waals surface area contributed by atoms with E-state index in [1.54, 1.807) is 48.5 Å². The van der Waals surface area contributed by atoms with E-state index in [-0.39, 0.29) is 5.92 Å². The maximum absolute atomic E-state index is 15.3. The fourth-order valence-corrected chi connectivity index (χ4v) is 5.72. The SMILES string of the molecule is COC1O[C@@H]2[C@@](CF)(COP(=O)(OCOC(=O)C(C)C)OCOC(=O)C(C)C)O[C@@H](n3ccc(=O)n(COC(=O)C(C)C(C)C)c3=O)[C@]2(C)O1. The smallest absolute Gasteiger partial charge is 0.443 e. The highest BCUT2D eigenvalue weighted by Crippen LogP contribution is 2.56. The zero-order valence-electron chi connectivity index (χ0n) is 29.5. The molecular formula is C30H46FN2O16P. The number of phosphoric acid groups is 1. The molecule has 0 radical (unpaired) electrons. The van der Waals surface area contributed by atoms with Crippen LogP contribution in [0.4, 0.5) is 4.39 Å². The predicted molar refractivity (Wildman–Crippen MR) is 166 cm³/mol. The standard InChI is InChI=1S/C30H46FN2O16P/c1-17(2)20(7)24(37)41-14-33-21(34)10-11-32(27(33)38)26-29(8)25(47-28(40-9)49-29)30(12-31,48-26)13-44-50(39,45-15-42-22(35)18(3)4)46-16-43-23(36)19(5)6/h10-11,17-20,25-26,28H,12-16H2,1-9H3/t20?,25-,26+,28?,29+,30+/m0/s1. The van der Waals surface area contributed by atoms with Crippen molar-refractivity contribution in [2.45, 2.75) is 92.1 Å². The molecular weight excluding hydrogens is 694 g/mol. The van der Waals surface area contributed by atoms with Gasteiger partial charge in [0.15, 0.2) is 18.6 Å². The number of halogens is 1. The van der Waals surface area contributed by atoms with E-state index < -0.39 is 118 Å². The molecule has 284 valence electrons. The summed E-state index contributed by atoms with van der Waals surface area (Å²) in [6.07, 6.45) is -1.90. The normalized spacial score (nSPS) is 25.6. The number of aromatic nitrogens is 2. The molecule has 50 heavy (non-hydrogen) atoms. The molecule has 0 N–H and O–H groups in total. The molecule has 0 saturated carbocycles. The van der Waals surface area contributed by atoms with Gasteiger partial charge in [-0.2, -0.15) is 0 Å². The lowest BCUT2D eigenvalue weighted by Gasteiger charge is -2.31. The second kappa shape index (κ2) is 17.0. The highest BCUT2D eigenvalue weighted by atomic mass is 31.2. The minimum absolute atomic E-state index is 0.0732. The molecule has 0 bridgehead atoms. The average Bonchev–Trinajstić information content (AvgIpc) is 3.53. The number of carbonyl (C=O) groups is 3. The summed E-state index contributed by atoms with van der Waals surface area (Å²) in [6.45, 7) is 6.56. The summed E-state index contributed by atoms with van der Waals surface area (Å²) in [4.78, 5) is 62.7. The Morgan fingerprint density at radius 2 is 1.50 bits per heavy atom. The Bertz CT molecular complexity index is 1500. The van der Waals surface area contributed by atoms with Gasteiger partial charge in [-0.05, 0) is 12.8 Å². The molecule has 3 rings (SSSR count). The third-order valence-corrected chi connectivity index (χ3v) is 9.43. The van der Waals surface area contributed by atoms with Gasteiger partial charge in [0.2, 0.25) is 13.6 Å². The number of methoxy groups -OCH3 is 1. The van der Waals surface area contributed by atoms with Gasteiger partial charge in [0.05, 0.1) is 24.4 Å². The molecule has 0 amide bonds. The molecule has 2 fully saturated rings. The Morgan fingerprint density at radius 3 is 2.00 bits per heavy atom. The summed E-state index contributed by atoms with van der Waals surface area (Å²) in [5.74, 6) is -3.78. The van der Waals surface area contributed by atoms with Crippen molar-refractivity contribution in [3.8, 4) is 0 Å². The van der Waals surface area contributed by atoms with Gasteiger partial charge in [-0.3, -0.25) is 28.3 Å². The summed E-state index contributed by atoms with van der Waals surface area (Å²) < 4.78 is 84.2. The van der Waals surface area contributed by atoms with Crippen molar-refractivity contribution in [1.29, 1.82) is 0 Å². The molecule has 0 aromatic carbocycles. The number of esters is 3. The third kappa shape index (κ3) is 9.25. The van der Waals surface area contributed by atoms with Crippen molar-refractivity contribution < 1.29 is 70.1 Å². The summed E-state index contributed by atoms with van der Waals surface area (Å²) in [5, 5.41) is 0. The maximum Gasteiger partial charge on any atom is 0.480 e. The number of ether oxygens (including phenoxy) is 7. The van der Waals surface area contributed by atoms with Crippen LogP contribution in [0.25, 0.3) is 0 Å². The highest BCUT2D eigenvalue weighted by molar-refractivity contribution is 7.48. The van der Waals surface area contributed by atoms with Gasteiger partial charge in [0.1, 0.15) is 18.4 Å². The van der Waals surface area contributed by atoms with Gasteiger partial charge in [0, 0.05) is 19.4 Å². The quantitative estimate of drug-likeness (QED) is 0.0918. The van der Waals surface area contributed by atoms with Gasteiger partial charge in [-0.1, -0.05) is 48.5 Å². The first-order valence-electron chi connectivity index (χ1n) is 15.8. The lowest BCUT2D eigenvalue weighted by Crippen LogP contribution is -2.52. The number of phosphoric ester groups is 1. The molecule has 20 heteroatoms. The minimum Gasteiger partial charge on any atom is -0.443 e. The topological polar surface area (TPSA) is 205 Å². The lowest BCUT2D eigenvalue weighted by atomic mass is 9.88. The van der Waals surface area contributed by atoms with Crippen LogP contribution in [-0.2, 0) is 72.4 Å². The zero-order valence-corrected chi connectivity index (χ0v) is 30.4. The van der Waals surface area contributed by atoms with Crippen LogP contribution in [0.3, 0.4) is 0 Å². The van der Waals surface area contributed by atoms with Gasteiger partial charge >= 0.3 is 31.4 Å². The van der Waals surface area contributed by atoms with Crippen molar-refractivity contribution in [3.63, 3.8) is 0 Å². The molecule has 2 aliphatic heterocycles.